The number of carbonyl (C=O) groups is 1. The zero-order chi connectivity index (χ0) is 6.57. The normalized spacial score (nSPS) is 9.50. The van der Waals surface area contributed by atoms with Gasteiger partial charge in [0.25, 0.3) is 5.91 Å². The molecule has 0 aromatic carbocycles. The quantitative estimate of drug-likeness (QED) is 0.495. The Hall–Kier alpha value is 0.340. The highest BCUT2D eigenvalue weighted by atomic mass is 35.5. The van der Waals surface area contributed by atoms with Crippen molar-refractivity contribution in [3.05, 3.63) is 0 Å². The number of nitrogens with one attached hydrogen (secondary N) is 1. The van der Waals surface area contributed by atoms with Gasteiger partial charge in [0.2, 0.25) is 0 Å². The Balaban J connectivity index is 3.33. The Bertz CT molecular complexity index is 84.6. The summed E-state index contributed by atoms with van der Waals surface area (Å²) in [5.74, 6) is -0.469. The third kappa shape index (κ3) is 3.36. The zero-order valence-corrected chi connectivity index (χ0v) is 6.09. The van der Waals surface area contributed by atoms with Gasteiger partial charge in [-0.2, -0.15) is 0 Å². The summed E-state index contributed by atoms with van der Waals surface area (Å²) in [5, 5.41) is 2.21. The molecule has 1 N–H and O–H groups in total. The summed E-state index contributed by atoms with van der Waals surface area (Å²) in [4.78, 5) is 9.26. The molecule has 8 heavy (non-hydrogen) atoms. The number of hydrogen-bond acceptors (Lipinski definition) is 1. The smallest absolute Gasteiger partial charge is 0.254 e. The molecular weight excluding hydrogens is 172 g/mol. The van der Waals surface area contributed by atoms with Crippen LogP contribution in [0.5, 0.6) is 0 Å². The molecule has 2 nitrogen and oxygen atoms in total. The van der Waals surface area contributed by atoms with Crippen LogP contribution in [0.15, 0.2) is 0 Å². The summed E-state index contributed by atoms with van der Waals surface area (Å²) in [5.41, 5.74) is 0. The summed E-state index contributed by atoms with van der Waals surface area (Å²) in [6.45, 7) is 0. The lowest BCUT2D eigenvalue weighted by molar-refractivity contribution is -0.119. The van der Waals surface area contributed by atoms with Crippen LogP contribution >= 0.6 is 34.8 Å². The van der Waals surface area contributed by atoms with Gasteiger partial charge in [-0.3, -0.25) is 4.79 Å². The monoisotopic (exact) mass is 175 g/mol. The predicted octanol–water partition coefficient (Wildman–Crippen LogP) is 1.10. The van der Waals surface area contributed by atoms with Crippen molar-refractivity contribution in [2.24, 2.45) is 0 Å². The summed E-state index contributed by atoms with van der Waals surface area (Å²) in [6.07, 6.45) is 0. The largest absolute Gasteiger partial charge is 0.340 e. The van der Waals surface area contributed by atoms with Crippen LogP contribution in [0.2, 0.25) is 0 Å². The molecule has 0 heterocycles. The molecule has 1 amide bonds. The van der Waals surface area contributed by atoms with Gasteiger partial charge in [-0.05, 0) is 0 Å². The van der Waals surface area contributed by atoms with E-state index < -0.39 is 10.7 Å². The minimum Gasteiger partial charge on any atom is -0.340 e. The lowest BCUT2D eigenvalue weighted by Gasteiger charge is -1.97. The van der Waals surface area contributed by atoms with Gasteiger partial charge in [-0.25, -0.2) is 0 Å². The molecule has 0 bridgehead atoms. The Morgan fingerprint density at radius 3 is 2.25 bits per heavy atom. The van der Waals surface area contributed by atoms with Crippen LogP contribution in [0.4, 0.5) is 0 Å². The van der Waals surface area contributed by atoms with Crippen LogP contribution < -0.4 is 5.32 Å². The van der Waals surface area contributed by atoms with Crippen LogP contribution in [-0.2, 0) is 4.79 Å². The van der Waals surface area contributed by atoms with E-state index in [-0.39, 0.29) is 6.00 Å². The first kappa shape index (κ1) is 8.34. The summed E-state index contributed by atoms with van der Waals surface area (Å²) < 4.78 is 0. The second kappa shape index (κ2) is 4.24. The minimum atomic E-state index is -1.02. The van der Waals surface area contributed by atoms with E-state index in [1.807, 2.05) is 0 Å². The molecule has 0 aliphatic heterocycles. The molecule has 0 radical (unpaired) electrons. The molecule has 0 aromatic rings. The van der Waals surface area contributed by atoms with Crippen molar-refractivity contribution in [2.45, 2.75) is 4.84 Å². The maximum Gasteiger partial charge on any atom is 0.254 e. The van der Waals surface area contributed by atoms with Crippen LogP contribution in [0.1, 0.15) is 0 Å². The number of hydrogen-bond donors (Lipinski definition) is 1. The second-order valence-corrected chi connectivity index (χ2v) is 2.34. The fourth-order valence-electron chi connectivity index (χ4n) is 0.143. The van der Waals surface area contributed by atoms with Crippen molar-refractivity contribution in [3.8, 4) is 0 Å². The van der Waals surface area contributed by atoms with E-state index in [1.165, 1.54) is 0 Å². The molecule has 0 unspecified atom stereocenters. The van der Waals surface area contributed by atoms with Gasteiger partial charge in [0.1, 0.15) is 0 Å². The Morgan fingerprint density at radius 2 is 2.12 bits per heavy atom. The lowest BCUT2D eigenvalue weighted by Crippen LogP contribution is -2.26. The fraction of sp³-hybridized carbons (Fsp3) is 0.667. The van der Waals surface area contributed by atoms with Crippen molar-refractivity contribution in [1.82, 2.24) is 5.32 Å². The van der Waals surface area contributed by atoms with Crippen molar-refractivity contribution in [1.29, 1.82) is 0 Å². The molecule has 0 aromatic heterocycles. The van der Waals surface area contributed by atoms with E-state index in [1.54, 1.807) is 0 Å². The van der Waals surface area contributed by atoms with Gasteiger partial charge < -0.3 is 5.32 Å². The lowest BCUT2D eigenvalue weighted by atomic mass is 10.7. The average molecular weight is 176 g/mol. The van der Waals surface area contributed by atoms with Gasteiger partial charge in [0.05, 0.1) is 6.00 Å². The van der Waals surface area contributed by atoms with Gasteiger partial charge in [0.15, 0.2) is 4.84 Å². The van der Waals surface area contributed by atoms with Crippen LogP contribution in [-0.4, -0.2) is 16.7 Å². The maximum absolute atomic E-state index is 10.3. The average Bonchev–Trinajstić information content (AvgIpc) is 1.67. The maximum atomic E-state index is 10.3. The Kier molecular flexibility index (Phi) is 4.42. The van der Waals surface area contributed by atoms with Crippen molar-refractivity contribution >= 4 is 40.7 Å². The molecule has 0 aliphatic rings. The van der Waals surface area contributed by atoms with E-state index in [2.05, 4.69) is 5.32 Å². The number of alkyl halides is 3. The van der Waals surface area contributed by atoms with E-state index in [4.69, 9.17) is 34.8 Å². The molecule has 0 saturated carbocycles. The van der Waals surface area contributed by atoms with Gasteiger partial charge >= 0.3 is 0 Å². The summed E-state index contributed by atoms with van der Waals surface area (Å²) in [6, 6.07) is 0.0365. The molecule has 48 valence electrons. The number of carbonyl (C=O) groups excluding carboxylic acids is 1. The van der Waals surface area contributed by atoms with Crippen LogP contribution in [0, 0.1) is 0 Å². The van der Waals surface area contributed by atoms with Gasteiger partial charge in [-0.15, -0.1) is 11.6 Å². The molecular formula is C3H4Cl3NO. The molecule has 0 fully saturated rings. The Labute approximate surface area is 62.1 Å². The van der Waals surface area contributed by atoms with Crippen molar-refractivity contribution in [3.63, 3.8) is 0 Å². The van der Waals surface area contributed by atoms with Gasteiger partial charge in [0, 0.05) is 0 Å². The Morgan fingerprint density at radius 1 is 1.62 bits per heavy atom. The molecule has 0 atom stereocenters. The third-order valence-corrected chi connectivity index (χ3v) is 0.969. The highest BCUT2D eigenvalue weighted by Crippen LogP contribution is 1.99. The number of rotatable bonds is 2. The van der Waals surface area contributed by atoms with E-state index in [0.29, 0.717) is 0 Å². The first-order valence-corrected chi connectivity index (χ1v) is 3.21. The zero-order valence-electron chi connectivity index (χ0n) is 3.83. The van der Waals surface area contributed by atoms with E-state index >= 15 is 0 Å². The summed E-state index contributed by atoms with van der Waals surface area (Å²) >= 11 is 15.3. The van der Waals surface area contributed by atoms with Crippen molar-refractivity contribution < 1.29 is 4.79 Å². The minimum absolute atomic E-state index is 0.0365. The molecule has 0 spiro atoms. The second-order valence-electron chi connectivity index (χ2n) is 0.975. The molecule has 0 saturated heterocycles. The molecule has 0 aliphatic carbocycles. The number of halogens is 3. The fourth-order valence-corrected chi connectivity index (χ4v) is 0.429. The summed E-state index contributed by atoms with van der Waals surface area (Å²) in [7, 11) is 0. The standard InChI is InChI=1S/C3H4Cl3NO/c4-1-7-3(8)2(5)6/h2H,1H2,(H,7,8). The number of amides is 1. The van der Waals surface area contributed by atoms with Crippen LogP contribution in [0.3, 0.4) is 0 Å². The topological polar surface area (TPSA) is 29.1 Å². The SMILES string of the molecule is O=C(NCCl)C(Cl)Cl. The molecule has 5 heteroatoms. The van der Waals surface area contributed by atoms with E-state index in [9.17, 15) is 4.79 Å². The van der Waals surface area contributed by atoms with Gasteiger partial charge in [-0.1, -0.05) is 23.2 Å². The third-order valence-electron chi connectivity index (χ3n) is 0.439. The van der Waals surface area contributed by atoms with Crippen LogP contribution in [0.25, 0.3) is 0 Å². The first-order valence-electron chi connectivity index (χ1n) is 1.80. The first-order chi connectivity index (χ1) is 3.68. The van der Waals surface area contributed by atoms with E-state index in [0.717, 1.165) is 0 Å². The highest BCUT2D eigenvalue weighted by Gasteiger charge is 2.08. The highest BCUT2D eigenvalue weighted by molar-refractivity contribution is 6.53. The van der Waals surface area contributed by atoms with Crippen molar-refractivity contribution in [2.75, 3.05) is 6.00 Å². The predicted molar refractivity (Wildman–Crippen MR) is 34.4 cm³/mol. The molecule has 0 rings (SSSR count).